The van der Waals surface area contributed by atoms with Crippen LogP contribution in [-0.2, 0) is 21.4 Å². The number of aromatic nitrogens is 2. The molecular formula is C23H24N4O5S. The summed E-state index contributed by atoms with van der Waals surface area (Å²) < 4.78 is 8.16. The molecule has 0 aliphatic rings. The third kappa shape index (κ3) is 5.53. The van der Waals surface area contributed by atoms with E-state index in [1.807, 2.05) is 30.3 Å². The highest BCUT2D eigenvalue weighted by molar-refractivity contribution is 8.00. The molecule has 2 aromatic carbocycles. The zero-order valence-electron chi connectivity index (χ0n) is 18.5. The molecule has 0 aliphatic carbocycles. The lowest BCUT2D eigenvalue weighted by atomic mass is 10.2. The van der Waals surface area contributed by atoms with Crippen LogP contribution in [0.25, 0.3) is 5.69 Å². The van der Waals surface area contributed by atoms with E-state index in [-0.39, 0.29) is 28.5 Å². The number of esters is 1. The van der Waals surface area contributed by atoms with Crippen LogP contribution in [0.2, 0.25) is 0 Å². The van der Waals surface area contributed by atoms with Crippen molar-refractivity contribution in [3.05, 3.63) is 76.2 Å². The highest BCUT2D eigenvalue weighted by Gasteiger charge is 2.19. The number of carbonyl (C=O) groups excluding carboxylic acids is 3. The Kier molecular flexibility index (Phi) is 7.73. The number of amides is 2. The fraction of sp³-hybridized carbons (Fsp3) is 0.217. The van der Waals surface area contributed by atoms with Crippen molar-refractivity contribution in [3.8, 4) is 5.69 Å². The van der Waals surface area contributed by atoms with Crippen LogP contribution >= 0.6 is 11.8 Å². The maximum atomic E-state index is 12.9. The van der Waals surface area contributed by atoms with Crippen molar-refractivity contribution >= 4 is 35.2 Å². The van der Waals surface area contributed by atoms with Crippen molar-refractivity contribution in [2.75, 3.05) is 24.7 Å². The Bertz CT molecular complexity index is 1230. The maximum absolute atomic E-state index is 12.9. The number of benzene rings is 2. The van der Waals surface area contributed by atoms with Crippen LogP contribution in [0.4, 0.5) is 5.69 Å². The first-order valence-electron chi connectivity index (χ1n) is 10.1. The third-order valence-electron chi connectivity index (χ3n) is 4.90. The summed E-state index contributed by atoms with van der Waals surface area (Å²) in [4.78, 5) is 49.7. The molecule has 172 valence electrons. The number of para-hydroxylation sites is 1. The van der Waals surface area contributed by atoms with Gasteiger partial charge in [0, 0.05) is 19.0 Å². The lowest BCUT2D eigenvalue weighted by Gasteiger charge is -2.09. The molecule has 2 amide bonds. The van der Waals surface area contributed by atoms with Crippen LogP contribution in [0.15, 0.2) is 64.3 Å². The highest BCUT2D eigenvalue weighted by atomic mass is 32.2. The van der Waals surface area contributed by atoms with Crippen LogP contribution in [-0.4, -0.2) is 46.6 Å². The molecule has 3 aromatic rings. The topological polar surface area (TPSA) is 111 Å². The number of carbonyl (C=O) groups is 3. The first-order chi connectivity index (χ1) is 15.8. The van der Waals surface area contributed by atoms with Crippen molar-refractivity contribution in [2.24, 2.45) is 7.05 Å². The molecule has 0 unspecified atom stereocenters. The second-order valence-corrected chi connectivity index (χ2v) is 8.04. The lowest BCUT2D eigenvalue weighted by molar-refractivity contribution is -0.123. The number of ether oxygens (including phenoxy) is 1. The molecular weight excluding hydrogens is 444 g/mol. The molecule has 10 heteroatoms. The number of nitrogens with one attached hydrogen (secondary N) is 2. The minimum atomic E-state index is -0.660. The van der Waals surface area contributed by atoms with Gasteiger partial charge in [0.2, 0.25) is 5.91 Å². The second-order valence-electron chi connectivity index (χ2n) is 7.02. The molecule has 2 N–H and O–H groups in total. The van der Waals surface area contributed by atoms with Crippen molar-refractivity contribution in [2.45, 2.75) is 11.8 Å². The van der Waals surface area contributed by atoms with E-state index in [4.69, 9.17) is 4.74 Å². The molecule has 9 nitrogen and oxygen atoms in total. The van der Waals surface area contributed by atoms with Gasteiger partial charge in [-0.25, -0.2) is 9.48 Å². The van der Waals surface area contributed by atoms with Crippen LogP contribution < -0.4 is 16.2 Å². The Labute approximate surface area is 194 Å². The molecule has 1 aromatic heterocycles. The summed E-state index contributed by atoms with van der Waals surface area (Å²) >= 11 is 1.13. The largest absolute Gasteiger partial charge is 0.452 e. The molecule has 0 fully saturated rings. The van der Waals surface area contributed by atoms with E-state index in [1.54, 1.807) is 42.9 Å². The van der Waals surface area contributed by atoms with Gasteiger partial charge in [-0.05, 0) is 31.2 Å². The smallest absolute Gasteiger partial charge is 0.339 e. The number of rotatable bonds is 8. The van der Waals surface area contributed by atoms with E-state index in [9.17, 15) is 19.2 Å². The summed E-state index contributed by atoms with van der Waals surface area (Å²) in [6, 6.07) is 15.8. The Hall–Kier alpha value is -3.79. The van der Waals surface area contributed by atoms with Crippen molar-refractivity contribution in [3.63, 3.8) is 0 Å². The minimum Gasteiger partial charge on any atom is -0.452 e. The van der Waals surface area contributed by atoms with E-state index < -0.39 is 18.5 Å². The van der Waals surface area contributed by atoms with Gasteiger partial charge in [-0.2, -0.15) is 0 Å². The van der Waals surface area contributed by atoms with Crippen molar-refractivity contribution in [1.29, 1.82) is 0 Å². The molecule has 0 aliphatic heterocycles. The first-order valence-corrected chi connectivity index (χ1v) is 11.1. The Morgan fingerprint density at radius 1 is 1.00 bits per heavy atom. The molecule has 0 saturated carbocycles. The monoisotopic (exact) mass is 468 g/mol. The fourth-order valence-corrected chi connectivity index (χ4v) is 3.91. The molecule has 0 saturated heterocycles. The summed E-state index contributed by atoms with van der Waals surface area (Å²) in [5, 5.41) is 5.06. The molecule has 33 heavy (non-hydrogen) atoms. The second kappa shape index (κ2) is 10.7. The molecule has 3 rings (SSSR count). The predicted octanol–water partition coefficient (Wildman–Crippen LogP) is 2.12. The SMILES string of the molecule is CNC(=O)COC(=O)c1ccccc1SCC(=O)Nc1c(C)n(C)n(-c2ccccc2)c1=O. The Balaban J connectivity index is 1.71. The fourth-order valence-electron chi connectivity index (χ4n) is 3.07. The van der Waals surface area contributed by atoms with Crippen LogP contribution in [0.1, 0.15) is 16.1 Å². The quantitative estimate of drug-likeness (QED) is 0.387. The summed E-state index contributed by atoms with van der Waals surface area (Å²) in [7, 11) is 3.19. The Morgan fingerprint density at radius 2 is 1.67 bits per heavy atom. The van der Waals surface area contributed by atoms with Gasteiger partial charge in [0.25, 0.3) is 11.5 Å². The van der Waals surface area contributed by atoms with Gasteiger partial charge in [-0.3, -0.25) is 19.1 Å². The van der Waals surface area contributed by atoms with E-state index in [0.717, 1.165) is 11.8 Å². The molecule has 0 atom stereocenters. The van der Waals surface area contributed by atoms with Gasteiger partial charge in [0.15, 0.2) is 6.61 Å². The summed E-state index contributed by atoms with van der Waals surface area (Å²) in [5.74, 6) is -1.50. The van der Waals surface area contributed by atoms with Gasteiger partial charge >= 0.3 is 5.97 Å². The van der Waals surface area contributed by atoms with Gasteiger partial charge in [0.1, 0.15) is 5.69 Å². The average molecular weight is 469 g/mol. The number of anilines is 1. The molecule has 0 bridgehead atoms. The van der Waals surface area contributed by atoms with Crippen LogP contribution in [0.3, 0.4) is 0 Å². The number of hydrogen-bond donors (Lipinski definition) is 2. The number of likely N-dealkylation sites (N-methyl/N-ethyl adjacent to an activating group) is 1. The lowest BCUT2D eigenvalue weighted by Crippen LogP contribution is -2.25. The summed E-state index contributed by atoms with van der Waals surface area (Å²) in [5.41, 5.74) is 1.41. The molecule has 1 heterocycles. The average Bonchev–Trinajstić information content (AvgIpc) is 3.04. The van der Waals surface area contributed by atoms with Gasteiger partial charge < -0.3 is 15.4 Å². The number of hydrogen-bond acceptors (Lipinski definition) is 6. The van der Waals surface area contributed by atoms with Gasteiger partial charge in [-0.15, -0.1) is 11.8 Å². The van der Waals surface area contributed by atoms with Crippen molar-refractivity contribution in [1.82, 2.24) is 14.7 Å². The summed E-state index contributed by atoms with van der Waals surface area (Å²) in [6.45, 7) is 1.36. The Morgan fingerprint density at radius 3 is 2.36 bits per heavy atom. The maximum Gasteiger partial charge on any atom is 0.339 e. The highest BCUT2D eigenvalue weighted by Crippen LogP contribution is 2.24. The van der Waals surface area contributed by atoms with Crippen molar-refractivity contribution < 1.29 is 19.1 Å². The predicted molar refractivity (Wildman–Crippen MR) is 126 cm³/mol. The normalized spacial score (nSPS) is 10.5. The number of nitrogens with zero attached hydrogens (tertiary/aromatic N) is 2. The zero-order valence-corrected chi connectivity index (χ0v) is 19.3. The van der Waals surface area contributed by atoms with E-state index in [2.05, 4.69) is 10.6 Å². The van der Waals surface area contributed by atoms with Gasteiger partial charge in [0.05, 0.1) is 22.7 Å². The molecule has 0 spiro atoms. The van der Waals surface area contributed by atoms with E-state index >= 15 is 0 Å². The van der Waals surface area contributed by atoms with Crippen LogP contribution in [0, 0.1) is 6.92 Å². The zero-order chi connectivity index (χ0) is 24.0. The van der Waals surface area contributed by atoms with E-state index in [0.29, 0.717) is 16.3 Å². The first kappa shape index (κ1) is 23.9. The van der Waals surface area contributed by atoms with Gasteiger partial charge in [-0.1, -0.05) is 30.3 Å². The minimum absolute atomic E-state index is 0.0289. The third-order valence-corrected chi connectivity index (χ3v) is 5.97. The van der Waals surface area contributed by atoms with Crippen LogP contribution in [0.5, 0.6) is 0 Å². The standard InChI is InChI=1S/C23H24N4O5S/c1-15-21(22(30)27(26(15)3)16-9-5-4-6-10-16)25-20(29)14-33-18-12-8-7-11-17(18)23(31)32-13-19(28)24-2/h4-12H,13-14H2,1-3H3,(H,24,28)(H,25,29). The number of thioether (sulfide) groups is 1. The van der Waals surface area contributed by atoms with E-state index in [1.165, 1.54) is 11.7 Å². The molecule has 0 radical (unpaired) electrons. The summed E-state index contributed by atoms with van der Waals surface area (Å²) in [6.07, 6.45) is 0.